The molecule has 0 aromatic rings. The molecule has 0 spiro atoms. The summed E-state index contributed by atoms with van der Waals surface area (Å²) in [5.74, 6) is 0. The van der Waals surface area contributed by atoms with Crippen LogP contribution in [-0.2, 0) is 0 Å². The Bertz CT molecular complexity index is 172. The van der Waals surface area contributed by atoms with E-state index in [-0.39, 0.29) is 6.04 Å². The topological polar surface area (TPSA) is 35.8 Å². The summed E-state index contributed by atoms with van der Waals surface area (Å²) in [7, 11) is 0. The number of nitrogens with zero attached hydrogens (tertiary/aromatic N) is 1. The van der Waals surface area contributed by atoms with Gasteiger partial charge in [0, 0.05) is 6.04 Å². The van der Waals surface area contributed by atoms with Gasteiger partial charge in [0.2, 0.25) is 0 Å². The fourth-order valence-electron chi connectivity index (χ4n) is 1.60. The van der Waals surface area contributed by atoms with Gasteiger partial charge in [0.15, 0.2) is 0 Å². The van der Waals surface area contributed by atoms with Crippen molar-refractivity contribution in [2.24, 2.45) is 0 Å². The number of hydrogen-bond donors (Lipinski definition) is 1. The highest BCUT2D eigenvalue weighted by molar-refractivity contribution is 4.90. The highest BCUT2D eigenvalue weighted by Crippen LogP contribution is 2.07. The van der Waals surface area contributed by atoms with Gasteiger partial charge in [0.1, 0.15) is 0 Å². The van der Waals surface area contributed by atoms with E-state index in [0.29, 0.717) is 6.04 Å². The average molecular weight is 210 g/mol. The van der Waals surface area contributed by atoms with E-state index in [4.69, 9.17) is 5.26 Å². The molecule has 2 heteroatoms. The summed E-state index contributed by atoms with van der Waals surface area (Å²) in [5, 5.41) is 12.3. The molecule has 0 heterocycles. The lowest BCUT2D eigenvalue weighted by Crippen LogP contribution is -2.35. The van der Waals surface area contributed by atoms with Gasteiger partial charge >= 0.3 is 0 Å². The quantitative estimate of drug-likeness (QED) is 0.590. The molecule has 0 fully saturated rings. The molecule has 0 aromatic heterocycles. The monoisotopic (exact) mass is 210 g/mol. The summed E-state index contributed by atoms with van der Waals surface area (Å²) >= 11 is 0. The maximum absolute atomic E-state index is 8.96. The molecule has 0 aliphatic heterocycles. The van der Waals surface area contributed by atoms with Gasteiger partial charge in [-0.1, -0.05) is 46.0 Å². The largest absolute Gasteiger partial charge is 0.299 e. The normalized spacial score (nSPS) is 14.5. The molecular formula is C13H26N2. The average Bonchev–Trinajstić information content (AvgIpc) is 2.26. The number of nitriles is 1. The Hall–Kier alpha value is -0.550. The number of unbranched alkanes of at least 4 members (excludes halogenated alkanes) is 4. The summed E-state index contributed by atoms with van der Waals surface area (Å²) in [6.07, 6.45) is 8.48. The van der Waals surface area contributed by atoms with Crippen LogP contribution in [0.2, 0.25) is 0 Å². The minimum atomic E-state index is 0.0570. The fourth-order valence-corrected chi connectivity index (χ4v) is 1.60. The summed E-state index contributed by atoms with van der Waals surface area (Å²) < 4.78 is 0. The highest BCUT2D eigenvalue weighted by Gasteiger charge is 2.08. The van der Waals surface area contributed by atoms with Gasteiger partial charge in [-0.05, 0) is 19.8 Å². The van der Waals surface area contributed by atoms with Gasteiger partial charge < -0.3 is 0 Å². The van der Waals surface area contributed by atoms with Crippen LogP contribution in [0, 0.1) is 11.3 Å². The Labute approximate surface area is 95.1 Å². The van der Waals surface area contributed by atoms with Crippen LogP contribution >= 0.6 is 0 Å². The predicted molar refractivity (Wildman–Crippen MR) is 65.7 cm³/mol. The fraction of sp³-hybridized carbons (Fsp3) is 0.923. The molecule has 0 saturated heterocycles. The van der Waals surface area contributed by atoms with Crippen LogP contribution in [0.1, 0.15) is 65.7 Å². The van der Waals surface area contributed by atoms with Gasteiger partial charge in [-0.3, -0.25) is 5.32 Å². The standard InChI is InChI=1S/C13H26N2/c1-4-6-7-8-9-10-13(11-14)15-12(3)5-2/h12-13,15H,4-10H2,1-3H3. The van der Waals surface area contributed by atoms with Crippen molar-refractivity contribution in [2.45, 2.75) is 77.8 Å². The maximum atomic E-state index is 8.96. The molecule has 0 saturated carbocycles. The van der Waals surface area contributed by atoms with E-state index in [1.165, 1.54) is 32.1 Å². The third kappa shape index (κ3) is 8.44. The van der Waals surface area contributed by atoms with E-state index in [9.17, 15) is 0 Å². The molecule has 0 rings (SSSR count). The SMILES string of the molecule is CCCCCCCC(C#N)NC(C)CC. The van der Waals surface area contributed by atoms with Crippen molar-refractivity contribution >= 4 is 0 Å². The van der Waals surface area contributed by atoms with Crippen LogP contribution in [0.4, 0.5) is 0 Å². The van der Waals surface area contributed by atoms with E-state index in [2.05, 4.69) is 32.2 Å². The van der Waals surface area contributed by atoms with E-state index in [1.807, 2.05) is 0 Å². The van der Waals surface area contributed by atoms with E-state index in [0.717, 1.165) is 12.8 Å². The van der Waals surface area contributed by atoms with Gasteiger partial charge in [0.25, 0.3) is 0 Å². The van der Waals surface area contributed by atoms with Crippen molar-refractivity contribution in [1.29, 1.82) is 5.26 Å². The summed E-state index contributed by atoms with van der Waals surface area (Å²) in [4.78, 5) is 0. The van der Waals surface area contributed by atoms with Crippen LogP contribution in [0.25, 0.3) is 0 Å². The van der Waals surface area contributed by atoms with Crippen LogP contribution in [0.15, 0.2) is 0 Å². The molecular weight excluding hydrogens is 184 g/mol. The van der Waals surface area contributed by atoms with Gasteiger partial charge in [-0.25, -0.2) is 0 Å². The first-order valence-electron chi connectivity index (χ1n) is 6.40. The first-order chi connectivity index (χ1) is 7.24. The van der Waals surface area contributed by atoms with Gasteiger partial charge in [0.05, 0.1) is 12.1 Å². The van der Waals surface area contributed by atoms with E-state index in [1.54, 1.807) is 0 Å². The second kappa shape index (κ2) is 9.98. The number of hydrogen-bond acceptors (Lipinski definition) is 2. The molecule has 0 aliphatic carbocycles. The van der Waals surface area contributed by atoms with Crippen molar-refractivity contribution in [3.63, 3.8) is 0 Å². The summed E-state index contributed by atoms with van der Waals surface area (Å²) in [5.41, 5.74) is 0. The summed E-state index contributed by atoms with van der Waals surface area (Å²) in [6.45, 7) is 6.51. The molecule has 15 heavy (non-hydrogen) atoms. The van der Waals surface area contributed by atoms with Crippen molar-refractivity contribution in [3.05, 3.63) is 0 Å². The van der Waals surface area contributed by atoms with Crippen molar-refractivity contribution in [3.8, 4) is 6.07 Å². The molecule has 2 unspecified atom stereocenters. The molecule has 0 aromatic carbocycles. The van der Waals surface area contributed by atoms with Crippen LogP contribution < -0.4 is 5.32 Å². The zero-order valence-electron chi connectivity index (χ0n) is 10.6. The Kier molecular flexibility index (Phi) is 9.62. The van der Waals surface area contributed by atoms with Crippen molar-refractivity contribution in [1.82, 2.24) is 5.32 Å². The first-order valence-corrected chi connectivity index (χ1v) is 6.40. The van der Waals surface area contributed by atoms with Gasteiger partial charge in [-0.15, -0.1) is 0 Å². The predicted octanol–water partition coefficient (Wildman–Crippen LogP) is 3.63. The lowest BCUT2D eigenvalue weighted by atomic mass is 10.1. The van der Waals surface area contributed by atoms with Crippen LogP contribution in [-0.4, -0.2) is 12.1 Å². The number of nitrogens with one attached hydrogen (secondary N) is 1. The maximum Gasteiger partial charge on any atom is 0.0955 e. The summed E-state index contributed by atoms with van der Waals surface area (Å²) in [6, 6.07) is 2.87. The third-order valence-corrected chi connectivity index (χ3v) is 2.85. The molecule has 2 nitrogen and oxygen atoms in total. The third-order valence-electron chi connectivity index (χ3n) is 2.85. The van der Waals surface area contributed by atoms with Crippen LogP contribution in [0.5, 0.6) is 0 Å². The zero-order valence-corrected chi connectivity index (χ0v) is 10.6. The smallest absolute Gasteiger partial charge is 0.0955 e. The van der Waals surface area contributed by atoms with E-state index >= 15 is 0 Å². The zero-order chi connectivity index (χ0) is 11.5. The molecule has 88 valence electrons. The minimum absolute atomic E-state index is 0.0570. The van der Waals surface area contributed by atoms with Crippen molar-refractivity contribution < 1.29 is 0 Å². The lowest BCUT2D eigenvalue weighted by molar-refractivity contribution is 0.454. The highest BCUT2D eigenvalue weighted by atomic mass is 14.9. The first kappa shape index (κ1) is 14.5. The Morgan fingerprint density at radius 2 is 1.80 bits per heavy atom. The Morgan fingerprint density at radius 1 is 1.13 bits per heavy atom. The minimum Gasteiger partial charge on any atom is -0.299 e. The van der Waals surface area contributed by atoms with Gasteiger partial charge in [-0.2, -0.15) is 5.26 Å². The van der Waals surface area contributed by atoms with Crippen LogP contribution in [0.3, 0.4) is 0 Å². The molecule has 1 N–H and O–H groups in total. The lowest BCUT2D eigenvalue weighted by Gasteiger charge is -2.16. The molecule has 0 radical (unpaired) electrons. The Balaban J connectivity index is 3.50. The Morgan fingerprint density at radius 3 is 2.33 bits per heavy atom. The van der Waals surface area contributed by atoms with Crippen molar-refractivity contribution in [2.75, 3.05) is 0 Å². The molecule has 0 bridgehead atoms. The second-order valence-corrected chi connectivity index (χ2v) is 4.36. The number of rotatable bonds is 9. The molecule has 0 amide bonds. The van der Waals surface area contributed by atoms with E-state index < -0.39 is 0 Å². The molecule has 2 atom stereocenters. The second-order valence-electron chi connectivity index (χ2n) is 4.36. The molecule has 0 aliphatic rings.